The van der Waals surface area contributed by atoms with Crippen LogP contribution in [0.25, 0.3) is 0 Å². The zero-order chi connectivity index (χ0) is 11.5. The molecule has 1 aromatic carbocycles. The van der Waals surface area contributed by atoms with Crippen molar-refractivity contribution in [2.45, 2.75) is 0 Å². The number of aromatic hydroxyl groups is 1. The second-order valence-corrected chi connectivity index (χ2v) is 5.84. The Hall–Kier alpha value is -1.57. The molecule has 0 radical (unpaired) electrons. The van der Waals surface area contributed by atoms with E-state index in [1.54, 1.807) is 0 Å². The molecule has 0 aliphatic rings. The van der Waals surface area contributed by atoms with Crippen LogP contribution in [0.4, 0.5) is 5.95 Å². The molecule has 84 valence electrons. The zero-order valence-electron chi connectivity index (χ0n) is 8.14. The third-order valence-electron chi connectivity index (χ3n) is 1.80. The van der Waals surface area contributed by atoms with E-state index >= 15 is 0 Å². The fraction of sp³-hybridized carbons (Fsp3) is 0. The van der Waals surface area contributed by atoms with Gasteiger partial charge in [-0.05, 0) is 0 Å². The van der Waals surface area contributed by atoms with Crippen LogP contribution >= 0.6 is 0 Å². The third kappa shape index (κ3) is 2.32. The Balaban J connectivity index is 2.39. The van der Waals surface area contributed by atoms with Gasteiger partial charge in [-0.3, -0.25) is 0 Å². The molecule has 4 N–H and O–H groups in total. The number of aromatic amines is 1. The zero-order valence-corrected chi connectivity index (χ0v) is 10.3. The van der Waals surface area contributed by atoms with E-state index in [0.29, 0.717) is 3.57 Å². The van der Waals surface area contributed by atoms with Gasteiger partial charge >= 0.3 is 102 Å². The Morgan fingerprint density at radius 2 is 2.00 bits per heavy atom. The van der Waals surface area contributed by atoms with Gasteiger partial charge in [-0.25, -0.2) is 0 Å². The van der Waals surface area contributed by atoms with E-state index in [0.717, 1.165) is 3.57 Å². The van der Waals surface area contributed by atoms with Crippen LogP contribution in [0.3, 0.4) is 0 Å². The Kier molecular flexibility index (Phi) is 3.09. The fourth-order valence-electron chi connectivity index (χ4n) is 1.14. The van der Waals surface area contributed by atoms with Gasteiger partial charge in [0, 0.05) is 0 Å². The predicted molar refractivity (Wildman–Crippen MR) is 54.8 cm³/mol. The molecule has 0 spiro atoms. The summed E-state index contributed by atoms with van der Waals surface area (Å²) in [6.07, 6.45) is 0. The van der Waals surface area contributed by atoms with Gasteiger partial charge in [0.05, 0.1) is 0 Å². The molecule has 2 aromatic rings. The van der Waals surface area contributed by atoms with Crippen molar-refractivity contribution in [1.29, 1.82) is 0 Å². The summed E-state index contributed by atoms with van der Waals surface area (Å²) in [4.78, 5) is 17.6. The minimum absolute atomic E-state index is 0.0664. The fourth-order valence-corrected chi connectivity index (χ4v) is 3.28. The average Bonchev–Trinajstić information content (AvgIpc) is 2.25. The number of rotatable bonds is 2. The molecule has 0 fully saturated rings. The van der Waals surface area contributed by atoms with E-state index in [1.165, 1.54) is 0 Å². The van der Waals surface area contributed by atoms with Gasteiger partial charge in [0.1, 0.15) is 0 Å². The number of nitrogens with two attached hydrogens (primary N) is 1. The van der Waals surface area contributed by atoms with Crippen LogP contribution in [-0.4, -0.2) is 15.1 Å². The van der Waals surface area contributed by atoms with Crippen molar-refractivity contribution < 1.29 is 26.3 Å². The van der Waals surface area contributed by atoms with Gasteiger partial charge in [0.25, 0.3) is 0 Å². The number of nitrogens with one attached hydrogen (secondary N) is 1. The Morgan fingerprint density at radius 1 is 1.31 bits per heavy atom. The molecule has 6 heteroatoms. The van der Waals surface area contributed by atoms with Gasteiger partial charge in [0.2, 0.25) is 0 Å². The second-order valence-electron chi connectivity index (χ2n) is 2.98. The number of hydrogen-bond acceptors (Lipinski definition) is 4. The van der Waals surface area contributed by atoms with Crippen LogP contribution < -0.4 is 32.5 Å². The van der Waals surface area contributed by atoms with Gasteiger partial charge in [-0.2, -0.15) is 0 Å². The summed E-state index contributed by atoms with van der Waals surface area (Å²) in [7, 11) is 0. The number of benzene rings is 1. The van der Waals surface area contributed by atoms with E-state index in [1.807, 2.05) is 30.3 Å². The summed E-state index contributed by atoms with van der Waals surface area (Å²) >= 11 is -0.739. The molecule has 0 bridgehead atoms. The molecular formula is C10H9IN3O2-. The van der Waals surface area contributed by atoms with Crippen molar-refractivity contribution in [2.75, 3.05) is 5.73 Å². The molecule has 16 heavy (non-hydrogen) atoms. The molecule has 0 atom stereocenters. The summed E-state index contributed by atoms with van der Waals surface area (Å²) in [5, 5.41) is 9.55. The van der Waals surface area contributed by atoms with Crippen molar-refractivity contribution in [3.8, 4) is 5.88 Å². The quantitative estimate of drug-likeness (QED) is 0.518. The van der Waals surface area contributed by atoms with Crippen LogP contribution in [0.1, 0.15) is 0 Å². The van der Waals surface area contributed by atoms with Gasteiger partial charge < -0.3 is 0 Å². The number of hydrogen-bond donors (Lipinski definition) is 3. The molecule has 0 aliphatic heterocycles. The monoisotopic (exact) mass is 330 g/mol. The van der Waals surface area contributed by atoms with Gasteiger partial charge in [0.15, 0.2) is 0 Å². The number of H-pyrrole nitrogens is 1. The standard InChI is InChI=1S/C10H9IN3O2/c12-10-13-8(15)7(9(16)14-10)11-6-4-2-1-3-5-6/h1-5H,(H4,12,13,14,15,16)/q-1. The van der Waals surface area contributed by atoms with Crippen LogP contribution in [0, 0.1) is 7.14 Å². The summed E-state index contributed by atoms with van der Waals surface area (Å²) in [5.41, 5.74) is 4.95. The second kappa shape index (κ2) is 4.52. The first-order valence-corrected chi connectivity index (χ1v) is 6.61. The number of halogens is 1. The van der Waals surface area contributed by atoms with E-state index < -0.39 is 21.2 Å². The van der Waals surface area contributed by atoms with Crippen molar-refractivity contribution >= 4 is 5.95 Å². The molecule has 5 nitrogen and oxygen atoms in total. The molecule has 1 heterocycles. The van der Waals surface area contributed by atoms with Crippen molar-refractivity contribution in [2.24, 2.45) is 0 Å². The first-order chi connectivity index (χ1) is 7.66. The number of anilines is 1. The van der Waals surface area contributed by atoms with Crippen LogP contribution in [0.15, 0.2) is 35.1 Å². The normalized spacial score (nSPS) is 10.5. The molecular weight excluding hydrogens is 321 g/mol. The van der Waals surface area contributed by atoms with Gasteiger partial charge in [-0.1, -0.05) is 0 Å². The maximum atomic E-state index is 11.6. The van der Waals surface area contributed by atoms with Crippen molar-refractivity contribution in [3.05, 3.63) is 47.8 Å². The molecule has 0 saturated heterocycles. The first kappa shape index (κ1) is 10.9. The van der Waals surface area contributed by atoms with E-state index in [9.17, 15) is 9.90 Å². The number of nitrogens with zero attached hydrogens (tertiary/aromatic N) is 1. The minimum atomic E-state index is -0.739. The summed E-state index contributed by atoms with van der Waals surface area (Å²) < 4.78 is 1.37. The van der Waals surface area contributed by atoms with E-state index in [2.05, 4.69) is 9.97 Å². The molecule has 0 amide bonds. The van der Waals surface area contributed by atoms with Crippen molar-refractivity contribution in [3.63, 3.8) is 0 Å². The molecule has 0 aliphatic carbocycles. The Bertz CT molecular complexity index is 554. The Labute approximate surface area is 102 Å². The summed E-state index contributed by atoms with van der Waals surface area (Å²) in [6.45, 7) is 0. The van der Waals surface area contributed by atoms with Crippen LogP contribution in [0.2, 0.25) is 0 Å². The SMILES string of the molecule is Nc1nc(O)c([I-]c2ccccc2)c(=O)[nH]1. The molecule has 2 rings (SSSR count). The number of nitrogen functional groups attached to an aromatic ring is 1. The number of aromatic nitrogens is 2. The Morgan fingerprint density at radius 3 is 2.62 bits per heavy atom. The molecule has 1 aromatic heterocycles. The first-order valence-electron chi connectivity index (χ1n) is 4.45. The topological polar surface area (TPSA) is 92.0 Å². The van der Waals surface area contributed by atoms with Crippen LogP contribution in [0.5, 0.6) is 5.88 Å². The average molecular weight is 330 g/mol. The molecule has 0 unspecified atom stereocenters. The van der Waals surface area contributed by atoms with E-state index in [4.69, 9.17) is 5.73 Å². The maximum absolute atomic E-state index is 11.6. The summed E-state index contributed by atoms with van der Waals surface area (Å²) in [5.74, 6) is -0.332. The third-order valence-corrected chi connectivity index (χ3v) is 4.65. The van der Waals surface area contributed by atoms with E-state index in [-0.39, 0.29) is 17.4 Å². The molecule has 0 saturated carbocycles. The summed E-state index contributed by atoms with van der Waals surface area (Å²) in [6, 6.07) is 9.53. The van der Waals surface area contributed by atoms with Crippen LogP contribution in [-0.2, 0) is 0 Å². The predicted octanol–water partition coefficient (Wildman–Crippen LogP) is -2.81. The van der Waals surface area contributed by atoms with Gasteiger partial charge in [-0.15, -0.1) is 0 Å². The van der Waals surface area contributed by atoms with Crippen molar-refractivity contribution in [1.82, 2.24) is 9.97 Å².